The maximum absolute atomic E-state index is 5.46. The zero-order valence-electron chi connectivity index (χ0n) is 7.66. The van der Waals surface area contributed by atoms with Crippen LogP contribution in [0.4, 0.5) is 0 Å². The number of rotatable bonds is 2. The Morgan fingerprint density at radius 1 is 1.42 bits per heavy atom. The molecule has 0 N–H and O–H groups in total. The smallest absolute Gasteiger partial charge is 0.0936 e. The summed E-state index contributed by atoms with van der Waals surface area (Å²) in [5.74, 6) is 0. The van der Waals surface area contributed by atoms with Crippen molar-refractivity contribution in [3.05, 3.63) is 0 Å². The lowest BCUT2D eigenvalue weighted by Crippen LogP contribution is -2.37. The number of hydrogen-bond acceptors (Lipinski definition) is 3. The van der Waals surface area contributed by atoms with Gasteiger partial charge in [0.25, 0.3) is 0 Å². The van der Waals surface area contributed by atoms with E-state index in [0.29, 0.717) is 12.1 Å². The van der Waals surface area contributed by atoms with Crippen molar-refractivity contribution in [2.75, 3.05) is 32.9 Å². The van der Waals surface area contributed by atoms with Gasteiger partial charge in [0.1, 0.15) is 0 Å². The third-order valence-electron chi connectivity index (χ3n) is 2.56. The lowest BCUT2D eigenvalue weighted by atomic mass is 10.2. The lowest BCUT2D eigenvalue weighted by Gasteiger charge is -2.24. The van der Waals surface area contributed by atoms with Gasteiger partial charge in [0.15, 0.2) is 0 Å². The van der Waals surface area contributed by atoms with E-state index in [4.69, 9.17) is 9.47 Å². The van der Waals surface area contributed by atoms with Gasteiger partial charge in [0, 0.05) is 25.7 Å². The predicted molar refractivity (Wildman–Crippen MR) is 46.2 cm³/mol. The van der Waals surface area contributed by atoms with E-state index in [2.05, 4.69) is 11.8 Å². The van der Waals surface area contributed by atoms with E-state index >= 15 is 0 Å². The van der Waals surface area contributed by atoms with E-state index in [0.717, 1.165) is 32.8 Å². The molecule has 0 amide bonds. The highest BCUT2D eigenvalue weighted by Crippen LogP contribution is 2.14. The maximum Gasteiger partial charge on any atom is 0.0936 e. The highest BCUT2D eigenvalue weighted by atomic mass is 16.6. The zero-order chi connectivity index (χ0) is 8.39. The Morgan fingerprint density at radius 2 is 2.25 bits per heavy atom. The van der Waals surface area contributed by atoms with Crippen LogP contribution in [0.1, 0.15) is 13.3 Å². The summed E-state index contributed by atoms with van der Waals surface area (Å²) >= 11 is 0. The van der Waals surface area contributed by atoms with Gasteiger partial charge in [0.2, 0.25) is 0 Å². The van der Waals surface area contributed by atoms with Crippen LogP contribution in [0.25, 0.3) is 0 Å². The molecule has 0 spiro atoms. The molecule has 0 saturated carbocycles. The third kappa shape index (κ3) is 2.19. The highest BCUT2D eigenvalue weighted by molar-refractivity contribution is 4.78. The molecule has 3 nitrogen and oxygen atoms in total. The Hall–Kier alpha value is -0.120. The first-order valence-electron chi connectivity index (χ1n) is 4.79. The van der Waals surface area contributed by atoms with Gasteiger partial charge in [-0.3, -0.25) is 4.90 Å². The van der Waals surface area contributed by atoms with Gasteiger partial charge in [-0.2, -0.15) is 0 Å². The van der Waals surface area contributed by atoms with E-state index in [-0.39, 0.29) is 0 Å². The number of hydrogen-bond donors (Lipinski definition) is 0. The van der Waals surface area contributed by atoms with E-state index in [1.54, 1.807) is 0 Å². The van der Waals surface area contributed by atoms with Crippen molar-refractivity contribution in [2.45, 2.75) is 25.5 Å². The summed E-state index contributed by atoms with van der Waals surface area (Å²) in [6.07, 6.45) is 1.68. The molecule has 0 aromatic carbocycles. The zero-order valence-corrected chi connectivity index (χ0v) is 7.66. The first-order chi connectivity index (χ1) is 5.86. The van der Waals surface area contributed by atoms with Crippen molar-refractivity contribution in [3.63, 3.8) is 0 Å². The van der Waals surface area contributed by atoms with Crippen molar-refractivity contribution < 1.29 is 9.47 Å². The van der Waals surface area contributed by atoms with Crippen LogP contribution in [0.5, 0.6) is 0 Å². The first-order valence-corrected chi connectivity index (χ1v) is 4.79. The van der Waals surface area contributed by atoms with Crippen LogP contribution in [0.15, 0.2) is 0 Å². The molecule has 0 aromatic rings. The fourth-order valence-corrected chi connectivity index (χ4v) is 1.66. The number of nitrogens with zero attached hydrogens (tertiary/aromatic N) is 1. The standard InChI is InChI=1S/C9H17NO2/c1-8-6-11-4-2-3-10(8)5-9-7-12-9/h8-9H,2-7H2,1H3/t8?,9-/m1/s1. The van der Waals surface area contributed by atoms with Gasteiger partial charge < -0.3 is 9.47 Å². The van der Waals surface area contributed by atoms with Crippen LogP contribution in [0.3, 0.4) is 0 Å². The second-order valence-electron chi connectivity index (χ2n) is 3.73. The number of ether oxygens (including phenoxy) is 2. The molecule has 1 unspecified atom stereocenters. The lowest BCUT2D eigenvalue weighted by molar-refractivity contribution is 0.105. The molecule has 2 aliphatic heterocycles. The molecule has 0 bridgehead atoms. The van der Waals surface area contributed by atoms with E-state index in [1.165, 1.54) is 6.54 Å². The minimum absolute atomic E-state index is 0.519. The predicted octanol–water partition coefficient (Wildman–Crippen LogP) is 0.496. The van der Waals surface area contributed by atoms with Crippen LogP contribution in [-0.2, 0) is 9.47 Å². The summed E-state index contributed by atoms with van der Waals surface area (Å²) in [6.45, 7) is 7.27. The van der Waals surface area contributed by atoms with Gasteiger partial charge in [-0.25, -0.2) is 0 Å². The fraction of sp³-hybridized carbons (Fsp3) is 1.00. The molecule has 2 aliphatic rings. The second-order valence-corrected chi connectivity index (χ2v) is 3.73. The van der Waals surface area contributed by atoms with Gasteiger partial charge in [-0.05, 0) is 13.3 Å². The van der Waals surface area contributed by atoms with Crippen molar-refractivity contribution in [3.8, 4) is 0 Å². The monoisotopic (exact) mass is 171 g/mol. The van der Waals surface area contributed by atoms with Gasteiger partial charge in [-0.15, -0.1) is 0 Å². The van der Waals surface area contributed by atoms with Crippen LogP contribution in [0.2, 0.25) is 0 Å². The summed E-state index contributed by atoms with van der Waals surface area (Å²) in [5, 5.41) is 0. The van der Waals surface area contributed by atoms with E-state index < -0.39 is 0 Å². The minimum atomic E-state index is 0.519. The van der Waals surface area contributed by atoms with Crippen molar-refractivity contribution in [1.29, 1.82) is 0 Å². The normalized spacial score (nSPS) is 37.8. The second kappa shape index (κ2) is 3.73. The molecule has 2 rings (SSSR count). The highest BCUT2D eigenvalue weighted by Gasteiger charge is 2.28. The Morgan fingerprint density at radius 3 is 3.00 bits per heavy atom. The van der Waals surface area contributed by atoms with Crippen LogP contribution < -0.4 is 0 Å². The topological polar surface area (TPSA) is 25.0 Å². The van der Waals surface area contributed by atoms with Crippen LogP contribution >= 0.6 is 0 Å². The van der Waals surface area contributed by atoms with Crippen LogP contribution in [-0.4, -0.2) is 50.0 Å². The Kier molecular flexibility index (Phi) is 2.63. The van der Waals surface area contributed by atoms with Crippen LogP contribution in [0, 0.1) is 0 Å². The molecule has 12 heavy (non-hydrogen) atoms. The summed E-state index contributed by atoms with van der Waals surface area (Å²) in [7, 11) is 0. The van der Waals surface area contributed by atoms with Crippen molar-refractivity contribution in [1.82, 2.24) is 4.90 Å². The van der Waals surface area contributed by atoms with Gasteiger partial charge >= 0.3 is 0 Å². The summed E-state index contributed by atoms with van der Waals surface area (Å²) in [4.78, 5) is 2.48. The molecule has 0 aromatic heterocycles. The molecule has 2 fully saturated rings. The fourth-order valence-electron chi connectivity index (χ4n) is 1.66. The van der Waals surface area contributed by atoms with Crippen molar-refractivity contribution in [2.24, 2.45) is 0 Å². The maximum atomic E-state index is 5.46. The quantitative estimate of drug-likeness (QED) is 0.565. The number of epoxide rings is 1. The average Bonchev–Trinajstić information content (AvgIpc) is 2.84. The Balaban J connectivity index is 1.81. The molecule has 70 valence electrons. The summed E-state index contributed by atoms with van der Waals surface area (Å²) in [6, 6.07) is 0.566. The SMILES string of the molecule is CC1COCCCN1C[C@@H]1CO1. The van der Waals surface area contributed by atoms with E-state index in [1.807, 2.05) is 0 Å². The molecule has 2 heterocycles. The summed E-state index contributed by atoms with van der Waals surface area (Å²) in [5.41, 5.74) is 0. The summed E-state index contributed by atoms with van der Waals surface area (Å²) < 4.78 is 10.7. The first kappa shape index (κ1) is 8.48. The van der Waals surface area contributed by atoms with Gasteiger partial charge in [-0.1, -0.05) is 0 Å². The molecular weight excluding hydrogens is 154 g/mol. The molecule has 0 radical (unpaired) electrons. The minimum Gasteiger partial charge on any atom is -0.380 e. The average molecular weight is 171 g/mol. The Labute approximate surface area is 73.6 Å². The van der Waals surface area contributed by atoms with Crippen molar-refractivity contribution >= 4 is 0 Å². The molecule has 0 aliphatic carbocycles. The van der Waals surface area contributed by atoms with Gasteiger partial charge in [0.05, 0.1) is 19.3 Å². The van der Waals surface area contributed by atoms with E-state index in [9.17, 15) is 0 Å². The third-order valence-corrected chi connectivity index (χ3v) is 2.56. The largest absolute Gasteiger partial charge is 0.380 e. The molecule has 2 saturated heterocycles. The molecule has 2 atom stereocenters. The Bertz CT molecular complexity index is 147. The molecular formula is C9H17NO2. The molecule has 3 heteroatoms.